The second kappa shape index (κ2) is 8.88. The molecule has 2 amide bonds. The lowest BCUT2D eigenvalue weighted by molar-refractivity contribution is 0.252. The third kappa shape index (κ3) is 4.70. The first kappa shape index (κ1) is 17.7. The number of aryl methyl sites for hydroxylation is 1. The summed E-state index contributed by atoms with van der Waals surface area (Å²) < 4.78 is 1.59. The lowest BCUT2D eigenvalue weighted by atomic mass is 10.1. The Bertz CT molecular complexity index is 677. The van der Waals surface area contributed by atoms with Gasteiger partial charge in [0.25, 0.3) is 0 Å². The zero-order valence-electron chi connectivity index (χ0n) is 14.0. The fraction of sp³-hybridized carbons (Fsp3) is 0.333. The lowest BCUT2D eigenvalue weighted by Gasteiger charge is -2.07. The van der Waals surface area contributed by atoms with Crippen LogP contribution in [0.2, 0.25) is 0 Å². The summed E-state index contributed by atoms with van der Waals surface area (Å²) in [5, 5.41) is 19.1. The topological polar surface area (TPSA) is 79.2 Å². The summed E-state index contributed by atoms with van der Waals surface area (Å²) in [6.07, 6.45) is 3.77. The minimum atomic E-state index is -0.334. The van der Waals surface area contributed by atoms with Crippen LogP contribution >= 0.6 is 0 Å². The maximum Gasteiger partial charge on any atom is 0.320 e. The molecule has 3 N–H and O–H groups in total. The smallest absolute Gasteiger partial charge is 0.320 e. The van der Waals surface area contributed by atoms with Gasteiger partial charge >= 0.3 is 6.03 Å². The monoisotopic (exact) mass is 328 g/mol. The van der Waals surface area contributed by atoms with Gasteiger partial charge in [0.2, 0.25) is 0 Å². The molecule has 0 fully saturated rings. The molecule has 1 aromatic heterocycles. The molecule has 0 aliphatic carbocycles. The van der Waals surface area contributed by atoms with E-state index in [2.05, 4.69) is 41.4 Å². The van der Waals surface area contributed by atoms with Gasteiger partial charge in [-0.05, 0) is 12.0 Å². The van der Waals surface area contributed by atoms with Gasteiger partial charge in [0.15, 0.2) is 0 Å². The molecule has 6 heteroatoms. The Morgan fingerprint density at radius 1 is 1.38 bits per heavy atom. The van der Waals surface area contributed by atoms with E-state index in [1.54, 1.807) is 16.8 Å². The van der Waals surface area contributed by atoms with Crippen LogP contribution in [0.4, 0.5) is 10.6 Å². The molecule has 0 saturated carbocycles. The van der Waals surface area contributed by atoms with E-state index < -0.39 is 0 Å². The Morgan fingerprint density at radius 3 is 2.75 bits per heavy atom. The summed E-state index contributed by atoms with van der Waals surface area (Å²) in [5.74, 6) is 0.540. The predicted octanol–water partition coefficient (Wildman–Crippen LogP) is 2.80. The van der Waals surface area contributed by atoms with E-state index in [4.69, 9.17) is 0 Å². The van der Waals surface area contributed by atoms with Gasteiger partial charge in [0, 0.05) is 18.2 Å². The largest absolute Gasteiger partial charge is 0.394 e. The number of urea groups is 1. The van der Waals surface area contributed by atoms with Gasteiger partial charge in [-0.25, -0.2) is 9.48 Å². The van der Waals surface area contributed by atoms with Gasteiger partial charge in [-0.2, -0.15) is 5.10 Å². The summed E-state index contributed by atoms with van der Waals surface area (Å²) in [4.78, 5) is 11.8. The molecule has 0 aliphatic heterocycles. The minimum Gasteiger partial charge on any atom is -0.394 e. The molecule has 2 rings (SSSR count). The van der Waals surface area contributed by atoms with Gasteiger partial charge in [-0.15, -0.1) is 6.58 Å². The normalized spacial score (nSPS) is 10.4. The number of amides is 2. The second-order valence-corrected chi connectivity index (χ2v) is 5.43. The zero-order chi connectivity index (χ0) is 17.4. The number of nitrogens with one attached hydrogen (secondary N) is 2. The maximum absolute atomic E-state index is 11.8. The van der Waals surface area contributed by atoms with E-state index in [0.717, 1.165) is 24.1 Å². The summed E-state index contributed by atoms with van der Waals surface area (Å²) in [7, 11) is 0. The predicted molar refractivity (Wildman–Crippen MR) is 96.0 cm³/mol. The van der Waals surface area contributed by atoms with Crippen LogP contribution in [0, 0.1) is 0 Å². The van der Waals surface area contributed by atoms with Gasteiger partial charge in [0.05, 0.1) is 18.8 Å². The van der Waals surface area contributed by atoms with Crippen molar-refractivity contribution in [2.45, 2.75) is 26.3 Å². The van der Waals surface area contributed by atoms with Crippen LogP contribution in [0.25, 0.3) is 11.3 Å². The Kier molecular flexibility index (Phi) is 6.57. The number of aromatic nitrogens is 2. The van der Waals surface area contributed by atoms with Crippen molar-refractivity contribution in [3.63, 3.8) is 0 Å². The van der Waals surface area contributed by atoms with Gasteiger partial charge in [0.1, 0.15) is 5.82 Å². The lowest BCUT2D eigenvalue weighted by Crippen LogP contribution is -2.29. The van der Waals surface area contributed by atoms with Gasteiger partial charge < -0.3 is 10.4 Å². The highest BCUT2D eigenvalue weighted by Gasteiger charge is 2.11. The third-order valence-corrected chi connectivity index (χ3v) is 3.53. The van der Waals surface area contributed by atoms with Crippen LogP contribution in [0.15, 0.2) is 43.0 Å². The van der Waals surface area contributed by atoms with E-state index >= 15 is 0 Å². The van der Waals surface area contributed by atoms with Gasteiger partial charge in [-0.1, -0.05) is 43.7 Å². The van der Waals surface area contributed by atoms with Crippen molar-refractivity contribution in [1.82, 2.24) is 15.1 Å². The molecule has 0 aliphatic rings. The van der Waals surface area contributed by atoms with Crippen LogP contribution in [0.5, 0.6) is 0 Å². The summed E-state index contributed by atoms with van der Waals surface area (Å²) >= 11 is 0. The molecule has 0 atom stereocenters. The molecule has 0 saturated heterocycles. The highest BCUT2D eigenvalue weighted by Crippen LogP contribution is 2.22. The maximum atomic E-state index is 11.8. The molecule has 1 heterocycles. The third-order valence-electron chi connectivity index (χ3n) is 3.53. The zero-order valence-corrected chi connectivity index (χ0v) is 14.0. The van der Waals surface area contributed by atoms with Crippen molar-refractivity contribution in [3.05, 3.63) is 48.6 Å². The number of hydrogen-bond acceptors (Lipinski definition) is 3. The highest BCUT2D eigenvalue weighted by atomic mass is 16.3. The first-order valence-corrected chi connectivity index (χ1v) is 8.11. The van der Waals surface area contributed by atoms with Crippen molar-refractivity contribution in [2.24, 2.45) is 0 Å². The van der Waals surface area contributed by atoms with Crippen molar-refractivity contribution >= 4 is 11.8 Å². The number of nitrogens with zero attached hydrogens (tertiary/aromatic N) is 2. The van der Waals surface area contributed by atoms with Crippen molar-refractivity contribution in [3.8, 4) is 11.3 Å². The molecule has 2 aromatic rings. The fourth-order valence-electron chi connectivity index (χ4n) is 2.38. The number of hydrogen-bond donors (Lipinski definition) is 3. The van der Waals surface area contributed by atoms with E-state index in [0.29, 0.717) is 18.9 Å². The standard InChI is InChI=1S/C18H24N4O2/c1-3-5-14-6-8-15(9-7-14)16-13-17(22(21-16)11-12-23)20-18(24)19-10-4-2/h4,6-9,13,23H,2-3,5,10-12H2,1H3,(H2,19,20,24). The van der Waals surface area contributed by atoms with Crippen molar-refractivity contribution < 1.29 is 9.90 Å². The SMILES string of the molecule is C=CCNC(=O)Nc1cc(-c2ccc(CCC)cc2)nn1CCO. The van der Waals surface area contributed by atoms with Crippen LogP contribution in [-0.2, 0) is 13.0 Å². The summed E-state index contributed by atoms with van der Waals surface area (Å²) in [5.41, 5.74) is 3.02. The Labute approximate surface area is 142 Å². The van der Waals surface area contributed by atoms with E-state index in [1.165, 1.54) is 5.56 Å². The first-order chi connectivity index (χ1) is 11.7. The number of carbonyl (C=O) groups is 1. The minimum absolute atomic E-state index is 0.0560. The number of benzene rings is 1. The van der Waals surface area contributed by atoms with Crippen LogP contribution in [0.1, 0.15) is 18.9 Å². The average molecular weight is 328 g/mol. The van der Waals surface area contributed by atoms with Crippen molar-refractivity contribution in [2.75, 3.05) is 18.5 Å². The molecular weight excluding hydrogens is 304 g/mol. The molecule has 0 unspecified atom stereocenters. The summed E-state index contributed by atoms with van der Waals surface area (Å²) in [6.45, 7) is 6.35. The average Bonchev–Trinajstić information content (AvgIpc) is 2.97. The molecule has 6 nitrogen and oxygen atoms in total. The fourth-order valence-corrected chi connectivity index (χ4v) is 2.38. The van der Waals surface area contributed by atoms with Crippen LogP contribution < -0.4 is 10.6 Å². The Balaban J connectivity index is 2.20. The van der Waals surface area contributed by atoms with Crippen molar-refractivity contribution in [1.29, 1.82) is 0 Å². The quantitative estimate of drug-likeness (QED) is 0.652. The molecule has 0 spiro atoms. The molecule has 1 aromatic carbocycles. The molecule has 128 valence electrons. The van der Waals surface area contributed by atoms with E-state index in [-0.39, 0.29) is 12.6 Å². The van der Waals surface area contributed by atoms with Gasteiger partial charge in [-0.3, -0.25) is 5.32 Å². The van der Waals surface area contributed by atoms with Crippen LogP contribution in [-0.4, -0.2) is 34.1 Å². The van der Waals surface area contributed by atoms with Crippen LogP contribution in [0.3, 0.4) is 0 Å². The molecular formula is C18H24N4O2. The summed E-state index contributed by atoms with van der Waals surface area (Å²) in [6, 6.07) is 9.70. The molecule has 24 heavy (non-hydrogen) atoms. The Morgan fingerprint density at radius 2 is 2.12 bits per heavy atom. The Hall–Kier alpha value is -2.60. The number of anilines is 1. The van der Waals surface area contributed by atoms with E-state index in [1.807, 2.05) is 12.1 Å². The number of rotatable bonds is 8. The molecule has 0 bridgehead atoms. The number of aliphatic hydroxyl groups is 1. The number of carbonyl (C=O) groups excluding carboxylic acids is 1. The van der Waals surface area contributed by atoms with E-state index in [9.17, 15) is 9.90 Å². The molecule has 0 radical (unpaired) electrons. The number of aliphatic hydroxyl groups excluding tert-OH is 1. The second-order valence-electron chi connectivity index (χ2n) is 5.43. The first-order valence-electron chi connectivity index (χ1n) is 8.11. The highest BCUT2D eigenvalue weighted by molar-refractivity contribution is 5.89.